The lowest BCUT2D eigenvalue weighted by atomic mass is 10.1. The number of aliphatic imine (C=N–C) groups is 1. The Hall–Kier alpha value is -1.54. The van der Waals surface area contributed by atoms with Gasteiger partial charge < -0.3 is 15.2 Å². The largest absolute Gasteiger partial charge is 0.355 e. The summed E-state index contributed by atoms with van der Waals surface area (Å²) < 4.78 is 2.16. The van der Waals surface area contributed by atoms with Gasteiger partial charge in [-0.25, -0.2) is 0 Å². The summed E-state index contributed by atoms with van der Waals surface area (Å²) in [4.78, 5) is 6.82. The fraction of sp³-hybridized carbons (Fsp3) is 0.450. The van der Waals surface area contributed by atoms with Crippen LogP contribution in [-0.4, -0.2) is 48.7 Å². The first-order valence-electron chi connectivity index (χ1n) is 9.12. The summed E-state index contributed by atoms with van der Waals surface area (Å²) in [5.41, 5.74) is 1.33. The van der Waals surface area contributed by atoms with Crippen LogP contribution in [0.2, 0.25) is 0 Å². The molecule has 0 spiro atoms. The molecule has 0 aliphatic rings. The number of aromatic nitrogens is 1. The van der Waals surface area contributed by atoms with E-state index in [4.69, 9.17) is 0 Å². The average Bonchev–Trinajstić information content (AvgIpc) is 3.17. The van der Waals surface area contributed by atoms with Crippen molar-refractivity contribution in [2.45, 2.75) is 26.4 Å². The summed E-state index contributed by atoms with van der Waals surface area (Å²) >= 11 is 0. The van der Waals surface area contributed by atoms with Gasteiger partial charge in [-0.15, -0.1) is 24.0 Å². The number of nitrogens with one attached hydrogen (secondary N) is 2. The van der Waals surface area contributed by atoms with Crippen LogP contribution >= 0.6 is 24.0 Å². The monoisotopic (exact) mass is 469 g/mol. The van der Waals surface area contributed by atoms with E-state index < -0.39 is 0 Å². The lowest BCUT2D eigenvalue weighted by molar-refractivity contribution is 0.219. The van der Waals surface area contributed by atoms with Gasteiger partial charge in [0, 0.05) is 39.1 Å². The van der Waals surface area contributed by atoms with Crippen molar-refractivity contribution in [1.82, 2.24) is 20.1 Å². The van der Waals surface area contributed by atoms with Crippen molar-refractivity contribution in [1.29, 1.82) is 0 Å². The van der Waals surface area contributed by atoms with Crippen molar-refractivity contribution >= 4 is 29.9 Å². The molecule has 0 saturated carbocycles. The topological polar surface area (TPSA) is 44.6 Å². The van der Waals surface area contributed by atoms with Crippen molar-refractivity contribution in [3.8, 4) is 0 Å². The van der Waals surface area contributed by atoms with E-state index >= 15 is 0 Å². The zero-order valence-corrected chi connectivity index (χ0v) is 18.4. The molecule has 1 heterocycles. The smallest absolute Gasteiger partial charge is 0.191 e. The van der Waals surface area contributed by atoms with E-state index in [2.05, 4.69) is 81.7 Å². The van der Waals surface area contributed by atoms with Gasteiger partial charge in [0.15, 0.2) is 5.96 Å². The molecule has 2 N–H and O–H groups in total. The number of halogens is 1. The fourth-order valence-corrected chi connectivity index (χ4v) is 3.03. The Bertz CT molecular complexity index is 608. The van der Waals surface area contributed by atoms with Crippen molar-refractivity contribution in [2.24, 2.45) is 4.99 Å². The molecule has 2 rings (SSSR count). The highest BCUT2D eigenvalue weighted by atomic mass is 127. The van der Waals surface area contributed by atoms with Gasteiger partial charge in [0.25, 0.3) is 0 Å². The summed E-state index contributed by atoms with van der Waals surface area (Å²) in [5.74, 6) is 0.847. The second-order valence-corrected chi connectivity index (χ2v) is 5.95. The first-order valence-corrected chi connectivity index (χ1v) is 9.12. The Balaban J connectivity index is 0.00000338. The Labute approximate surface area is 174 Å². The van der Waals surface area contributed by atoms with Crippen LogP contribution in [0.1, 0.15) is 25.5 Å². The number of hydrogen-bond donors (Lipinski definition) is 2. The number of guanidine groups is 1. The second-order valence-electron chi connectivity index (χ2n) is 5.95. The van der Waals surface area contributed by atoms with Gasteiger partial charge in [-0.05, 0) is 30.8 Å². The van der Waals surface area contributed by atoms with Crippen molar-refractivity contribution in [2.75, 3.05) is 33.2 Å². The minimum absolute atomic E-state index is 0. The third-order valence-electron chi connectivity index (χ3n) is 4.45. The van der Waals surface area contributed by atoms with Gasteiger partial charge in [0.2, 0.25) is 0 Å². The molecule has 144 valence electrons. The maximum Gasteiger partial charge on any atom is 0.191 e. The van der Waals surface area contributed by atoms with Crippen LogP contribution in [0.25, 0.3) is 0 Å². The molecular formula is C20H32IN5. The average molecular weight is 469 g/mol. The third-order valence-corrected chi connectivity index (χ3v) is 4.45. The lowest BCUT2D eigenvalue weighted by Gasteiger charge is -2.30. The van der Waals surface area contributed by atoms with Gasteiger partial charge in [0.1, 0.15) is 0 Å². The molecule has 0 bridgehead atoms. The first kappa shape index (κ1) is 22.5. The van der Waals surface area contributed by atoms with Crippen LogP contribution in [0.5, 0.6) is 0 Å². The molecule has 0 amide bonds. The molecule has 0 aliphatic carbocycles. The minimum Gasteiger partial charge on any atom is -0.355 e. The van der Waals surface area contributed by atoms with Crippen molar-refractivity contribution < 1.29 is 0 Å². The van der Waals surface area contributed by atoms with E-state index in [9.17, 15) is 0 Å². The molecule has 1 aromatic carbocycles. The zero-order valence-electron chi connectivity index (χ0n) is 16.1. The summed E-state index contributed by atoms with van der Waals surface area (Å²) in [6.45, 7) is 9.07. The second kappa shape index (κ2) is 12.8. The van der Waals surface area contributed by atoms with E-state index in [1.54, 1.807) is 0 Å². The highest BCUT2D eigenvalue weighted by Gasteiger charge is 2.17. The van der Waals surface area contributed by atoms with Crippen LogP contribution in [-0.2, 0) is 6.54 Å². The highest BCUT2D eigenvalue weighted by molar-refractivity contribution is 14.0. The van der Waals surface area contributed by atoms with Crippen LogP contribution < -0.4 is 10.6 Å². The number of benzene rings is 1. The molecule has 0 aliphatic heterocycles. The van der Waals surface area contributed by atoms with Gasteiger partial charge in [-0.2, -0.15) is 0 Å². The molecule has 2 aromatic rings. The molecule has 0 radical (unpaired) electrons. The first-order chi connectivity index (χ1) is 12.3. The van der Waals surface area contributed by atoms with Crippen molar-refractivity contribution in [3.05, 3.63) is 60.4 Å². The Kier molecular flexibility index (Phi) is 11.0. The maximum absolute atomic E-state index is 4.35. The fourth-order valence-electron chi connectivity index (χ4n) is 3.03. The van der Waals surface area contributed by atoms with Crippen LogP contribution in [0.15, 0.2) is 59.9 Å². The Morgan fingerprint density at radius 2 is 1.69 bits per heavy atom. The predicted octanol–water partition coefficient (Wildman–Crippen LogP) is 3.35. The molecular weight excluding hydrogens is 437 g/mol. The quantitative estimate of drug-likeness (QED) is 0.337. The summed E-state index contributed by atoms with van der Waals surface area (Å²) in [7, 11) is 1.82. The number of likely N-dealkylation sites (N-methyl/N-ethyl adjacent to an activating group) is 1. The molecule has 6 heteroatoms. The van der Waals surface area contributed by atoms with E-state index in [0.717, 1.165) is 38.7 Å². The van der Waals surface area contributed by atoms with E-state index in [1.807, 2.05) is 19.2 Å². The standard InChI is InChI=1S/C20H31N5.HI/c1-4-25(5-2)19(18-11-7-6-8-12-18)17-23-20(21-3)22-13-16-24-14-9-10-15-24;/h6-12,14-15,19H,4-5,13,16-17H2,1-3H3,(H2,21,22,23);1H. The van der Waals surface area contributed by atoms with E-state index in [1.165, 1.54) is 5.56 Å². The van der Waals surface area contributed by atoms with Gasteiger partial charge in [-0.3, -0.25) is 9.89 Å². The molecule has 0 fully saturated rings. The normalized spacial score (nSPS) is 12.5. The minimum atomic E-state index is 0. The van der Waals surface area contributed by atoms with Crippen LogP contribution in [0, 0.1) is 0 Å². The molecule has 5 nitrogen and oxygen atoms in total. The van der Waals surface area contributed by atoms with Crippen LogP contribution in [0.4, 0.5) is 0 Å². The molecule has 26 heavy (non-hydrogen) atoms. The van der Waals surface area contributed by atoms with Crippen LogP contribution in [0.3, 0.4) is 0 Å². The maximum atomic E-state index is 4.35. The number of nitrogens with zero attached hydrogens (tertiary/aromatic N) is 3. The van der Waals surface area contributed by atoms with Gasteiger partial charge >= 0.3 is 0 Å². The SMILES string of the molecule is CCN(CC)C(CNC(=NC)NCCn1cccc1)c1ccccc1.I. The summed E-state index contributed by atoms with van der Waals surface area (Å²) in [6.07, 6.45) is 4.15. The number of rotatable bonds is 9. The Morgan fingerprint density at radius 3 is 2.27 bits per heavy atom. The zero-order chi connectivity index (χ0) is 17.9. The highest BCUT2D eigenvalue weighted by Crippen LogP contribution is 2.19. The van der Waals surface area contributed by atoms with E-state index in [-0.39, 0.29) is 24.0 Å². The van der Waals surface area contributed by atoms with Gasteiger partial charge in [-0.1, -0.05) is 44.2 Å². The molecule has 0 saturated heterocycles. The summed E-state index contributed by atoms with van der Waals surface area (Å²) in [5, 5.41) is 6.87. The number of hydrogen-bond acceptors (Lipinski definition) is 2. The van der Waals surface area contributed by atoms with Gasteiger partial charge in [0.05, 0.1) is 6.04 Å². The molecule has 1 unspecified atom stereocenters. The molecule has 1 aromatic heterocycles. The van der Waals surface area contributed by atoms with Crippen molar-refractivity contribution in [3.63, 3.8) is 0 Å². The molecule has 1 atom stereocenters. The van der Waals surface area contributed by atoms with E-state index in [0.29, 0.717) is 6.04 Å². The lowest BCUT2D eigenvalue weighted by Crippen LogP contribution is -2.44. The predicted molar refractivity (Wildman–Crippen MR) is 121 cm³/mol. The Morgan fingerprint density at radius 1 is 1.04 bits per heavy atom. The summed E-state index contributed by atoms with van der Waals surface area (Å²) in [6, 6.07) is 15.1. The third kappa shape index (κ3) is 6.99.